The van der Waals surface area contributed by atoms with Gasteiger partial charge >= 0.3 is 5.97 Å². The standard InChI is InChI=1S/C18H19BrO6/c1-23-10-25-13-6-11-4-3-5-15(19)18(11)14(9-13)16(21)7-12(20)8-17(22)24-2/h3-6,9,16,21H,7-8,10H2,1-2H3. The molecule has 0 fully saturated rings. The number of methoxy groups -OCH3 is 2. The van der Waals surface area contributed by atoms with Crippen molar-refractivity contribution >= 4 is 38.5 Å². The van der Waals surface area contributed by atoms with Crippen LogP contribution in [0.2, 0.25) is 0 Å². The van der Waals surface area contributed by atoms with Crippen molar-refractivity contribution in [2.24, 2.45) is 0 Å². The zero-order valence-electron chi connectivity index (χ0n) is 14.0. The second-order valence-corrected chi connectivity index (χ2v) is 6.27. The molecule has 0 saturated heterocycles. The highest BCUT2D eigenvalue weighted by Crippen LogP contribution is 2.35. The number of ether oxygens (including phenoxy) is 3. The number of esters is 1. The first-order valence-corrected chi connectivity index (χ1v) is 8.36. The molecule has 0 amide bonds. The SMILES string of the molecule is COCOc1cc(C(O)CC(=O)CC(=O)OC)c2c(Br)cccc2c1. The monoisotopic (exact) mass is 410 g/mol. The van der Waals surface area contributed by atoms with E-state index in [2.05, 4.69) is 20.7 Å². The fourth-order valence-electron chi connectivity index (χ4n) is 2.49. The number of fused-ring (bicyclic) bond motifs is 1. The van der Waals surface area contributed by atoms with Gasteiger partial charge < -0.3 is 19.3 Å². The summed E-state index contributed by atoms with van der Waals surface area (Å²) in [6, 6.07) is 9.09. The van der Waals surface area contributed by atoms with E-state index in [1.807, 2.05) is 24.3 Å². The summed E-state index contributed by atoms with van der Waals surface area (Å²) in [5.41, 5.74) is 0.536. The maximum absolute atomic E-state index is 12.0. The van der Waals surface area contributed by atoms with Gasteiger partial charge in [0.1, 0.15) is 18.0 Å². The van der Waals surface area contributed by atoms with Gasteiger partial charge in [0, 0.05) is 23.4 Å². The number of benzene rings is 2. The lowest BCUT2D eigenvalue weighted by molar-refractivity contribution is -0.143. The van der Waals surface area contributed by atoms with Crippen LogP contribution in [-0.2, 0) is 19.1 Å². The summed E-state index contributed by atoms with van der Waals surface area (Å²) in [5, 5.41) is 12.2. The van der Waals surface area contributed by atoms with Crippen LogP contribution in [0, 0.1) is 0 Å². The molecule has 0 aliphatic carbocycles. The molecule has 0 aliphatic rings. The van der Waals surface area contributed by atoms with E-state index in [-0.39, 0.29) is 19.6 Å². The second-order valence-electron chi connectivity index (χ2n) is 5.41. The molecule has 25 heavy (non-hydrogen) atoms. The summed E-state index contributed by atoms with van der Waals surface area (Å²) >= 11 is 3.48. The van der Waals surface area contributed by atoms with Crippen LogP contribution in [-0.4, -0.2) is 37.9 Å². The summed E-state index contributed by atoms with van der Waals surface area (Å²) in [5.74, 6) is -0.509. The highest BCUT2D eigenvalue weighted by Gasteiger charge is 2.20. The van der Waals surface area contributed by atoms with Crippen molar-refractivity contribution < 1.29 is 28.9 Å². The zero-order valence-corrected chi connectivity index (χ0v) is 15.5. The fraction of sp³-hybridized carbons (Fsp3) is 0.333. The molecule has 0 bridgehead atoms. The Hall–Kier alpha value is -1.96. The Kier molecular flexibility index (Phi) is 6.92. The van der Waals surface area contributed by atoms with Crippen LogP contribution < -0.4 is 4.74 Å². The molecule has 1 N–H and O–H groups in total. The maximum atomic E-state index is 12.0. The van der Waals surface area contributed by atoms with Crippen LogP contribution in [0.4, 0.5) is 0 Å². The maximum Gasteiger partial charge on any atom is 0.313 e. The van der Waals surface area contributed by atoms with E-state index in [1.165, 1.54) is 14.2 Å². The second kappa shape index (κ2) is 8.94. The molecule has 2 aromatic rings. The quantitative estimate of drug-likeness (QED) is 0.408. The van der Waals surface area contributed by atoms with Crippen LogP contribution in [0.3, 0.4) is 0 Å². The molecule has 0 aliphatic heterocycles. The number of rotatable bonds is 8. The van der Waals surface area contributed by atoms with Crippen LogP contribution in [0.15, 0.2) is 34.8 Å². The summed E-state index contributed by atoms with van der Waals surface area (Å²) in [6.45, 7) is 0.0658. The Labute approximate surface area is 153 Å². The van der Waals surface area contributed by atoms with Gasteiger partial charge in [0.05, 0.1) is 13.2 Å². The zero-order chi connectivity index (χ0) is 18.4. The normalized spacial score (nSPS) is 12.0. The number of aliphatic hydroxyl groups excluding tert-OH is 1. The molecule has 134 valence electrons. The Morgan fingerprint density at radius 2 is 2.00 bits per heavy atom. The Balaban J connectivity index is 2.36. The lowest BCUT2D eigenvalue weighted by atomic mass is 9.96. The van der Waals surface area contributed by atoms with E-state index in [4.69, 9.17) is 9.47 Å². The number of carbonyl (C=O) groups excluding carboxylic acids is 2. The summed E-state index contributed by atoms with van der Waals surface area (Å²) in [4.78, 5) is 23.2. The van der Waals surface area contributed by atoms with Crippen molar-refractivity contribution in [2.45, 2.75) is 18.9 Å². The van der Waals surface area contributed by atoms with E-state index in [1.54, 1.807) is 6.07 Å². The largest absolute Gasteiger partial charge is 0.469 e. The number of halogens is 1. The highest BCUT2D eigenvalue weighted by molar-refractivity contribution is 9.10. The molecule has 1 unspecified atom stereocenters. The molecule has 2 rings (SSSR count). The van der Waals surface area contributed by atoms with Crippen LogP contribution in [0.5, 0.6) is 5.75 Å². The predicted octanol–water partition coefficient (Wildman–Crippen LogP) is 3.14. The van der Waals surface area contributed by atoms with Crippen molar-refractivity contribution in [2.75, 3.05) is 21.0 Å². The minimum atomic E-state index is -1.08. The van der Waals surface area contributed by atoms with Gasteiger partial charge in [-0.15, -0.1) is 0 Å². The van der Waals surface area contributed by atoms with Gasteiger partial charge in [-0.1, -0.05) is 28.1 Å². The molecule has 7 heteroatoms. The summed E-state index contributed by atoms with van der Waals surface area (Å²) in [7, 11) is 2.73. The third-order valence-electron chi connectivity index (χ3n) is 3.62. The summed E-state index contributed by atoms with van der Waals surface area (Å²) < 4.78 is 15.6. The van der Waals surface area contributed by atoms with E-state index >= 15 is 0 Å². The fourth-order valence-corrected chi connectivity index (χ4v) is 3.10. The molecular formula is C18H19BrO6. The average molecular weight is 411 g/mol. The molecule has 0 aromatic heterocycles. The van der Waals surface area contributed by atoms with Gasteiger partial charge in [0.25, 0.3) is 0 Å². The predicted molar refractivity (Wildman–Crippen MR) is 95.4 cm³/mol. The molecule has 6 nitrogen and oxygen atoms in total. The minimum Gasteiger partial charge on any atom is -0.469 e. The molecule has 0 radical (unpaired) electrons. The van der Waals surface area contributed by atoms with Gasteiger partial charge in [-0.25, -0.2) is 0 Å². The van der Waals surface area contributed by atoms with Crippen LogP contribution >= 0.6 is 15.9 Å². The Morgan fingerprint density at radius 1 is 1.24 bits per heavy atom. The van der Waals surface area contributed by atoms with Crippen molar-refractivity contribution in [3.05, 3.63) is 40.4 Å². The van der Waals surface area contributed by atoms with E-state index in [0.717, 1.165) is 15.2 Å². The molecule has 2 aromatic carbocycles. The van der Waals surface area contributed by atoms with Gasteiger partial charge in [0.15, 0.2) is 6.79 Å². The van der Waals surface area contributed by atoms with Gasteiger partial charge in [-0.2, -0.15) is 0 Å². The van der Waals surface area contributed by atoms with Crippen molar-refractivity contribution in [3.63, 3.8) is 0 Å². The van der Waals surface area contributed by atoms with Crippen molar-refractivity contribution in [1.82, 2.24) is 0 Å². The minimum absolute atomic E-state index is 0.0658. The Morgan fingerprint density at radius 3 is 2.68 bits per heavy atom. The van der Waals surface area contributed by atoms with E-state index < -0.39 is 17.9 Å². The average Bonchev–Trinajstić information content (AvgIpc) is 2.59. The Bertz CT molecular complexity index is 773. The third-order valence-corrected chi connectivity index (χ3v) is 4.28. The first kappa shape index (κ1) is 19.4. The molecule has 0 saturated carbocycles. The topological polar surface area (TPSA) is 82.1 Å². The lowest BCUT2D eigenvalue weighted by Gasteiger charge is -2.16. The molecule has 0 heterocycles. The van der Waals surface area contributed by atoms with Gasteiger partial charge in [-0.3, -0.25) is 9.59 Å². The van der Waals surface area contributed by atoms with E-state index in [0.29, 0.717) is 11.3 Å². The number of hydrogen-bond donors (Lipinski definition) is 1. The first-order chi connectivity index (χ1) is 12.0. The van der Waals surface area contributed by atoms with E-state index in [9.17, 15) is 14.7 Å². The molecule has 1 atom stereocenters. The number of carbonyl (C=O) groups is 2. The van der Waals surface area contributed by atoms with Crippen molar-refractivity contribution in [1.29, 1.82) is 0 Å². The van der Waals surface area contributed by atoms with Crippen LogP contribution in [0.25, 0.3) is 10.8 Å². The molecule has 0 spiro atoms. The lowest BCUT2D eigenvalue weighted by Crippen LogP contribution is -2.13. The highest BCUT2D eigenvalue weighted by atomic mass is 79.9. The number of Topliss-reactive ketones (excluding diaryl/α,β-unsaturated/α-hetero) is 1. The van der Waals surface area contributed by atoms with Crippen molar-refractivity contribution in [3.8, 4) is 5.75 Å². The molecular weight excluding hydrogens is 392 g/mol. The smallest absolute Gasteiger partial charge is 0.313 e. The first-order valence-electron chi connectivity index (χ1n) is 7.56. The number of ketones is 1. The number of hydrogen-bond acceptors (Lipinski definition) is 6. The number of aliphatic hydroxyl groups is 1. The summed E-state index contributed by atoms with van der Waals surface area (Å²) in [6.07, 6.45) is -1.64. The van der Waals surface area contributed by atoms with Crippen LogP contribution in [0.1, 0.15) is 24.5 Å². The van der Waals surface area contributed by atoms with Gasteiger partial charge in [-0.05, 0) is 29.1 Å². The third kappa shape index (κ3) is 5.01. The van der Waals surface area contributed by atoms with Gasteiger partial charge in [0.2, 0.25) is 0 Å².